The van der Waals surface area contributed by atoms with E-state index in [9.17, 15) is 0 Å². The lowest BCUT2D eigenvalue weighted by atomic mass is 10.1. The van der Waals surface area contributed by atoms with Crippen molar-refractivity contribution < 1.29 is 9.47 Å². The Morgan fingerprint density at radius 3 is 2.71 bits per heavy atom. The Morgan fingerprint density at radius 1 is 1.10 bits per heavy atom. The maximum atomic E-state index is 6.01. The van der Waals surface area contributed by atoms with E-state index in [1.54, 1.807) is 0 Å². The van der Waals surface area contributed by atoms with Gasteiger partial charge in [-0.3, -0.25) is 4.90 Å². The molecule has 116 valence electrons. The Hall–Kier alpha value is -1.33. The number of nitrogens with zero attached hydrogens (tertiary/aromatic N) is 3. The van der Waals surface area contributed by atoms with Gasteiger partial charge in [0, 0.05) is 25.8 Å². The summed E-state index contributed by atoms with van der Waals surface area (Å²) in [6.07, 6.45) is 5.86. The largest absolute Gasteiger partial charge is 0.488 e. The summed E-state index contributed by atoms with van der Waals surface area (Å²) in [6, 6.07) is 3.97. The van der Waals surface area contributed by atoms with E-state index < -0.39 is 0 Å². The fourth-order valence-corrected chi connectivity index (χ4v) is 2.98. The number of morpholine rings is 1. The molecule has 3 heterocycles. The van der Waals surface area contributed by atoms with Crippen LogP contribution in [0.3, 0.4) is 0 Å². The molecule has 2 saturated heterocycles. The summed E-state index contributed by atoms with van der Waals surface area (Å²) in [5, 5.41) is 0. The van der Waals surface area contributed by atoms with Crippen molar-refractivity contribution >= 4 is 5.82 Å². The molecule has 0 saturated carbocycles. The SMILES string of the molecule is c1cnc(N2CCOCC2)c(OCCN2CCCCC2)c1. The van der Waals surface area contributed by atoms with E-state index in [-0.39, 0.29) is 0 Å². The van der Waals surface area contributed by atoms with Crippen LogP contribution in [0.5, 0.6) is 5.75 Å². The van der Waals surface area contributed by atoms with E-state index in [1.165, 1.54) is 32.4 Å². The third-order valence-electron chi connectivity index (χ3n) is 4.18. The summed E-state index contributed by atoms with van der Waals surface area (Å²) < 4.78 is 11.4. The molecule has 0 spiro atoms. The molecule has 0 aliphatic carbocycles. The molecule has 2 aliphatic heterocycles. The number of hydrogen-bond acceptors (Lipinski definition) is 5. The number of pyridine rings is 1. The van der Waals surface area contributed by atoms with Crippen molar-refractivity contribution in [1.82, 2.24) is 9.88 Å². The number of aromatic nitrogens is 1. The van der Waals surface area contributed by atoms with Crippen LogP contribution in [0.25, 0.3) is 0 Å². The molecule has 0 unspecified atom stereocenters. The molecule has 0 radical (unpaired) electrons. The predicted octanol–water partition coefficient (Wildman–Crippen LogP) is 1.78. The minimum Gasteiger partial charge on any atom is -0.488 e. The van der Waals surface area contributed by atoms with Crippen LogP contribution in [-0.2, 0) is 4.74 Å². The fourth-order valence-electron chi connectivity index (χ4n) is 2.98. The molecular formula is C16H25N3O2. The second-order valence-electron chi connectivity index (χ2n) is 5.68. The van der Waals surface area contributed by atoms with Gasteiger partial charge in [0.2, 0.25) is 0 Å². The van der Waals surface area contributed by atoms with Crippen LogP contribution in [-0.4, -0.2) is 62.4 Å². The van der Waals surface area contributed by atoms with Gasteiger partial charge in [0.25, 0.3) is 0 Å². The molecule has 0 bridgehead atoms. The minimum absolute atomic E-state index is 0.739. The average Bonchev–Trinajstić information content (AvgIpc) is 2.57. The van der Waals surface area contributed by atoms with Gasteiger partial charge in [-0.25, -0.2) is 4.98 Å². The molecule has 5 heteroatoms. The van der Waals surface area contributed by atoms with E-state index >= 15 is 0 Å². The number of ether oxygens (including phenoxy) is 2. The van der Waals surface area contributed by atoms with Crippen LogP contribution in [0.15, 0.2) is 18.3 Å². The first kappa shape index (κ1) is 14.6. The molecule has 21 heavy (non-hydrogen) atoms. The van der Waals surface area contributed by atoms with Crippen molar-refractivity contribution in [1.29, 1.82) is 0 Å². The maximum Gasteiger partial charge on any atom is 0.171 e. The second kappa shape index (κ2) is 7.61. The topological polar surface area (TPSA) is 37.8 Å². The average molecular weight is 291 g/mol. The normalized spacial score (nSPS) is 20.5. The van der Waals surface area contributed by atoms with Gasteiger partial charge in [0.1, 0.15) is 6.61 Å². The Morgan fingerprint density at radius 2 is 1.90 bits per heavy atom. The van der Waals surface area contributed by atoms with Gasteiger partial charge in [-0.15, -0.1) is 0 Å². The first-order chi connectivity index (χ1) is 10.4. The number of rotatable bonds is 5. The number of piperidine rings is 1. The molecule has 5 nitrogen and oxygen atoms in total. The van der Waals surface area contributed by atoms with Gasteiger partial charge < -0.3 is 14.4 Å². The van der Waals surface area contributed by atoms with Gasteiger partial charge in [0.15, 0.2) is 11.6 Å². The lowest BCUT2D eigenvalue weighted by Crippen LogP contribution is -2.37. The van der Waals surface area contributed by atoms with Crippen molar-refractivity contribution in [3.05, 3.63) is 18.3 Å². The van der Waals surface area contributed by atoms with Gasteiger partial charge >= 0.3 is 0 Å². The van der Waals surface area contributed by atoms with Crippen LogP contribution in [0.1, 0.15) is 19.3 Å². The predicted molar refractivity (Wildman–Crippen MR) is 83.1 cm³/mol. The Bertz CT molecular complexity index is 429. The second-order valence-corrected chi connectivity index (χ2v) is 5.68. The van der Waals surface area contributed by atoms with Crippen LogP contribution in [0, 0.1) is 0 Å². The third kappa shape index (κ3) is 4.08. The van der Waals surface area contributed by atoms with Gasteiger partial charge in [-0.05, 0) is 38.1 Å². The molecule has 0 N–H and O–H groups in total. The first-order valence-corrected chi connectivity index (χ1v) is 8.06. The maximum absolute atomic E-state index is 6.01. The van der Waals surface area contributed by atoms with Gasteiger partial charge in [0.05, 0.1) is 13.2 Å². The highest BCUT2D eigenvalue weighted by Gasteiger charge is 2.17. The number of likely N-dealkylation sites (tertiary alicyclic amines) is 1. The van der Waals surface area contributed by atoms with Crippen LogP contribution < -0.4 is 9.64 Å². The first-order valence-electron chi connectivity index (χ1n) is 8.06. The lowest BCUT2D eigenvalue weighted by molar-refractivity contribution is 0.122. The van der Waals surface area contributed by atoms with E-state index in [4.69, 9.17) is 9.47 Å². The van der Waals surface area contributed by atoms with Crippen molar-refractivity contribution in [2.24, 2.45) is 0 Å². The molecule has 1 aromatic heterocycles. The zero-order valence-corrected chi connectivity index (χ0v) is 12.7. The number of anilines is 1. The fraction of sp³-hybridized carbons (Fsp3) is 0.688. The number of hydrogen-bond donors (Lipinski definition) is 0. The standard InChI is InChI=1S/C16H25N3O2/c1-2-7-18(8-3-1)9-14-21-15-5-4-6-17-16(15)19-10-12-20-13-11-19/h4-6H,1-3,7-14H2. The van der Waals surface area contributed by atoms with Crippen molar-refractivity contribution in [2.75, 3.05) is 57.4 Å². The zero-order valence-electron chi connectivity index (χ0n) is 12.7. The highest BCUT2D eigenvalue weighted by atomic mass is 16.5. The van der Waals surface area contributed by atoms with E-state index in [0.717, 1.165) is 51.0 Å². The molecule has 1 aromatic rings. The highest BCUT2D eigenvalue weighted by Crippen LogP contribution is 2.25. The molecule has 3 rings (SSSR count). The summed E-state index contributed by atoms with van der Waals surface area (Å²) in [6.45, 7) is 7.49. The monoisotopic (exact) mass is 291 g/mol. The zero-order chi connectivity index (χ0) is 14.3. The molecule has 2 aliphatic rings. The van der Waals surface area contributed by atoms with Crippen LogP contribution in [0.4, 0.5) is 5.82 Å². The Labute approximate surface area is 126 Å². The summed E-state index contributed by atoms with van der Waals surface area (Å²) in [4.78, 5) is 9.24. The van der Waals surface area contributed by atoms with E-state index in [1.807, 2.05) is 18.3 Å². The van der Waals surface area contributed by atoms with Crippen molar-refractivity contribution in [2.45, 2.75) is 19.3 Å². The van der Waals surface area contributed by atoms with Crippen LogP contribution >= 0.6 is 0 Å². The van der Waals surface area contributed by atoms with E-state index in [0.29, 0.717) is 0 Å². The minimum atomic E-state index is 0.739. The van der Waals surface area contributed by atoms with Crippen molar-refractivity contribution in [3.8, 4) is 5.75 Å². The summed E-state index contributed by atoms with van der Waals surface area (Å²) >= 11 is 0. The Balaban J connectivity index is 1.54. The highest BCUT2D eigenvalue weighted by molar-refractivity contribution is 5.52. The van der Waals surface area contributed by atoms with E-state index in [2.05, 4.69) is 14.8 Å². The summed E-state index contributed by atoms with van der Waals surface area (Å²) in [5.74, 6) is 1.86. The van der Waals surface area contributed by atoms with Gasteiger partial charge in [-0.1, -0.05) is 6.42 Å². The third-order valence-corrected chi connectivity index (χ3v) is 4.18. The quantitative estimate of drug-likeness (QED) is 0.827. The van der Waals surface area contributed by atoms with Gasteiger partial charge in [-0.2, -0.15) is 0 Å². The molecular weight excluding hydrogens is 266 g/mol. The van der Waals surface area contributed by atoms with Crippen LogP contribution in [0.2, 0.25) is 0 Å². The smallest absolute Gasteiger partial charge is 0.171 e. The summed E-state index contributed by atoms with van der Waals surface area (Å²) in [7, 11) is 0. The molecule has 0 atom stereocenters. The summed E-state index contributed by atoms with van der Waals surface area (Å²) in [5.41, 5.74) is 0. The van der Waals surface area contributed by atoms with Crippen molar-refractivity contribution in [3.63, 3.8) is 0 Å². The Kier molecular flexibility index (Phi) is 5.29. The molecule has 0 amide bonds. The lowest BCUT2D eigenvalue weighted by Gasteiger charge is -2.29. The molecule has 0 aromatic carbocycles. The molecule has 2 fully saturated rings.